The fraction of sp³-hybridized carbons (Fsp3) is 0.600. The fourth-order valence-corrected chi connectivity index (χ4v) is 2.70. The van der Waals surface area contributed by atoms with Gasteiger partial charge in [0.25, 0.3) is 0 Å². The average molecular weight is 259 g/mol. The van der Waals surface area contributed by atoms with Crippen LogP contribution in [0.15, 0.2) is 24.5 Å². The van der Waals surface area contributed by atoms with E-state index < -0.39 is 0 Å². The van der Waals surface area contributed by atoms with Crippen molar-refractivity contribution in [1.29, 1.82) is 0 Å². The highest BCUT2D eigenvalue weighted by Crippen LogP contribution is 2.35. The topological polar surface area (TPSA) is 59.2 Å². The van der Waals surface area contributed by atoms with Crippen molar-refractivity contribution in [2.75, 3.05) is 0 Å². The Balaban J connectivity index is 1.65. The summed E-state index contributed by atoms with van der Waals surface area (Å²) in [5, 5.41) is 0. The third-order valence-electron chi connectivity index (χ3n) is 4.26. The maximum Gasteiger partial charge on any atom is 0.224 e. The molecule has 1 aromatic heterocycles. The van der Waals surface area contributed by atoms with E-state index in [1.807, 2.05) is 17.0 Å². The smallest absolute Gasteiger partial charge is 0.224 e. The molecule has 2 aliphatic rings. The number of nitrogens with two attached hydrogens (primary N) is 1. The molecule has 2 fully saturated rings. The molecule has 0 unspecified atom stereocenters. The third kappa shape index (κ3) is 2.95. The minimum Gasteiger partial charge on any atom is -0.335 e. The Morgan fingerprint density at radius 3 is 2.58 bits per heavy atom. The standard InChI is InChI=1S/C15H21N3O/c16-15(6-1-7-15)10-14(19)18(13-2-3-13)11-12-4-8-17-9-5-12/h4-5,8-9,13H,1-3,6-7,10-11,16H2. The molecule has 0 aliphatic heterocycles. The van der Waals surface area contributed by atoms with Crippen molar-refractivity contribution in [3.8, 4) is 0 Å². The van der Waals surface area contributed by atoms with E-state index in [2.05, 4.69) is 4.98 Å². The molecule has 1 amide bonds. The first-order valence-electron chi connectivity index (χ1n) is 7.14. The summed E-state index contributed by atoms with van der Waals surface area (Å²) in [6.07, 6.45) is 9.48. The van der Waals surface area contributed by atoms with Crippen molar-refractivity contribution in [3.05, 3.63) is 30.1 Å². The molecule has 19 heavy (non-hydrogen) atoms. The van der Waals surface area contributed by atoms with Gasteiger partial charge in [-0.2, -0.15) is 0 Å². The lowest BCUT2D eigenvalue weighted by Crippen LogP contribution is -2.50. The van der Waals surface area contributed by atoms with Crippen LogP contribution in [0, 0.1) is 0 Å². The first-order valence-corrected chi connectivity index (χ1v) is 7.14. The number of amides is 1. The summed E-state index contributed by atoms with van der Waals surface area (Å²) in [4.78, 5) is 18.5. The van der Waals surface area contributed by atoms with Gasteiger partial charge in [0.05, 0.1) is 0 Å². The number of rotatable bonds is 5. The molecular weight excluding hydrogens is 238 g/mol. The lowest BCUT2D eigenvalue weighted by molar-refractivity contribution is -0.134. The van der Waals surface area contributed by atoms with Gasteiger partial charge in [-0.05, 0) is 49.8 Å². The van der Waals surface area contributed by atoms with E-state index in [9.17, 15) is 4.79 Å². The van der Waals surface area contributed by atoms with Gasteiger partial charge in [0.1, 0.15) is 0 Å². The Kier molecular flexibility index (Phi) is 3.27. The van der Waals surface area contributed by atoms with Crippen LogP contribution in [0.4, 0.5) is 0 Å². The summed E-state index contributed by atoms with van der Waals surface area (Å²) >= 11 is 0. The first-order chi connectivity index (χ1) is 9.16. The van der Waals surface area contributed by atoms with Gasteiger partial charge in [-0.15, -0.1) is 0 Å². The summed E-state index contributed by atoms with van der Waals surface area (Å²) in [5.74, 6) is 0.224. The van der Waals surface area contributed by atoms with E-state index in [1.54, 1.807) is 12.4 Å². The summed E-state index contributed by atoms with van der Waals surface area (Å²) in [5.41, 5.74) is 7.13. The van der Waals surface area contributed by atoms with E-state index in [1.165, 1.54) is 0 Å². The molecule has 2 N–H and O–H groups in total. The van der Waals surface area contributed by atoms with Crippen molar-refractivity contribution in [2.24, 2.45) is 5.73 Å². The van der Waals surface area contributed by atoms with Crippen molar-refractivity contribution in [3.63, 3.8) is 0 Å². The van der Waals surface area contributed by atoms with Crippen LogP contribution >= 0.6 is 0 Å². The highest BCUT2D eigenvalue weighted by Gasteiger charge is 2.39. The van der Waals surface area contributed by atoms with Gasteiger partial charge in [0.2, 0.25) is 5.91 Å². The van der Waals surface area contributed by atoms with Crippen LogP contribution in [0.5, 0.6) is 0 Å². The summed E-state index contributed by atoms with van der Waals surface area (Å²) in [6, 6.07) is 4.39. The second-order valence-electron chi connectivity index (χ2n) is 6.00. The Morgan fingerprint density at radius 2 is 2.05 bits per heavy atom. The molecule has 4 nitrogen and oxygen atoms in total. The Morgan fingerprint density at radius 1 is 1.37 bits per heavy atom. The van der Waals surface area contributed by atoms with E-state index >= 15 is 0 Å². The monoisotopic (exact) mass is 259 g/mol. The molecule has 0 saturated heterocycles. The minimum atomic E-state index is -0.220. The number of carbonyl (C=O) groups is 1. The zero-order chi connectivity index (χ0) is 13.3. The molecule has 3 rings (SSSR count). The average Bonchev–Trinajstić information content (AvgIpc) is 3.19. The number of hydrogen-bond acceptors (Lipinski definition) is 3. The Bertz CT molecular complexity index is 452. The van der Waals surface area contributed by atoms with Crippen LogP contribution in [0.1, 0.15) is 44.1 Å². The summed E-state index contributed by atoms with van der Waals surface area (Å²) < 4.78 is 0. The van der Waals surface area contributed by atoms with E-state index in [0.29, 0.717) is 19.0 Å². The second-order valence-corrected chi connectivity index (χ2v) is 6.00. The normalized spacial score (nSPS) is 20.7. The van der Waals surface area contributed by atoms with Gasteiger partial charge in [-0.1, -0.05) is 0 Å². The molecule has 1 aromatic rings. The maximum atomic E-state index is 12.5. The summed E-state index contributed by atoms with van der Waals surface area (Å²) in [7, 11) is 0. The molecule has 0 aromatic carbocycles. The zero-order valence-electron chi connectivity index (χ0n) is 11.2. The predicted octanol–water partition coefficient (Wildman–Crippen LogP) is 1.84. The van der Waals surface area contributed by atoms with Crippen molar-refractivity contribution in [2.45, 2.75) is 56.7 Å². The number of pyridine rings is 1. The molecular formula is C15H21N3O. The van der Waals surface area contributed by atoms with Crippen LogP contribution in [-0.2, 0) is 11.3 Å². The van der Waals surface area contributed by atoms with Gasteiger partial charge in [-0.25, -0.2) is 0 Å². The molecule has 2 saturated carbocycles. The molecule has 0 spiro atoms. The highest BCUT2D eigenvalue weighted by molar-refractivity contribution is 5.78. The molecule has 2 aliphatic carbocycles. The van der Waals surface area contributed by atoms with Crippen LogP contribution in [0.25, 0.3) is 0 Å². The van der Waals surface area contributed by atoms with Crippen molar-refractivity contribution >= 4 is 5.91 Å². The molecule has 1 heterocycles. The zero-order valence-corrected chi connectivity index (χ0v) is 11.2. The highest BCUT2D eigenvalue weighted by atomic mass is 16.2. The van der Waals surface area contributed by atoms with Crippen molar-refractivity contribution in [1.82, 2.24) is 9.88 Å². The van der Waals surface area contributed by atoms with Crippen LogP contribution in [0.3, 0.4) is 0 Å². The number of carbonyl (C=O) groups excluding carboxylic acids is 1. The molecule has 102 valence electrons. The van der Waals surface area contributed by atoms with Crippen molar-refractivity contribution < 1.29 is 4.79 Å². The van der Waals surface area contributed by atoms with Gasteiger partial charge < -0.3 is 10.6 Å². The second kappa shape index (κ2) is 4.93. The van der Waals surface area contributed by atoms with Crippen LogP contribution < -0.4 is 5.73 Å². The lowest BCUT2D eigenvalue weighted by Gasteiger charge is -2.39. The molecule has 0 bridgehead atoms. The number of hydrogen-bond donors (Lipinski definition) is 1. The first kappa shape index (κ1) is 12.6. The third-order valence-corrected chi connectivity index (χ3v) is 4.26. The van der Waals surface area contributed by atoms with Gasteiger partial charge in [-0.3, -0.25) is 9.78 Å². The van der Waals surface area contributed by atoms with E-state index in [-0.39, 0.29) is 11.4 Å². The van der Waals surface area contributed by atoms with Crippen LogP contribution in [0.2, 0.25) is 0 Å². The molecule has 0 atom stereocenters. The fourth-order valence-electron chi connectivity index (χ4n) is 2.70. The van der Waals surface area contributed by atoms with Crippen LogP contribution in [-0.4, -0.2) is 27.4 Å². The SMILES string of the molecule is NC1(CC(=O)N(Cc2ccncc2)C2CC2)CCC1. The van der Waals surface area contributed by atoms with E-state index in [4.69, 9.17) is 5.73 Å². The molecule has 4 heteroatoms. The van der Waals surface area contributed by atoms with E-state index in [0.717, 1.165) is 37.7 Å². The maximum absolute atomic E-state index is 12.5. The Labute approximate surface area is 114 Å². The minimum absolute atomic E-state index is 0.220. The lowest BCUT2D eigenvalue weighted by atomic mass is 9.75. The Hall–Kier alpha value is -1.42. The summed E-state index contributed by atoms with van der Waals surface area (Å²) in [6.45, 7) is 0.697. The molecule has 0 radical (unpaired) electrons. The van der Waals surface area contributed by atoms with Gasteiger partial charge in [0.15, 0.2) is 0 Å². The van der Waals surface area contributed by atoms with Gasteiger partial charge in [0, 0.05) is 36.9 Å². The largest absolute Gasteiger partial charge is 0.335 e. The predicted molar refractivity (Wildman–Crippen MR) is 73.2 cm³/mol. The van der Waals surface area contributed by atoms with Gasteiger partial charge >= 0.3 is 0 Å². The number of nitrogens with zero attached hydrogens (tertiary/aromatic N) is 2. The number of aromatic nitrogens is 1. The quantitative estimate of drug-likeness (QED) is 0.877.